The molecule has 0 amide bonds. The van der Waals surface area contributed by atoms with Crippen molar-refractivity contribution in [2.45, 2.75) is 99.5 Å². The lowest BCUT2D eigenvalue weighted by Gasteiger charge is -2.38. The molecule has 236 valence electrons. The molecule has 3 N–H and O–H groups in total. The number of nitrogens with zero attached hydrogens (tertiary/aromatic N) is 2. The van der Waals surface area contributed by atoms with E-state index in [9.17, 15) is 0 Å². The number of benzene rings is 1. The maximum atomic E-state index is 6.42. The van der Waals surface area contributed by atoms with Gasteiger partial charge in [-0.15, -0.1) is 0 Å². The number of H-pyrrole nitrogens is 1. The van der Waals surface area contributed by atoms with Gasteiger partial charge in [0.1, 0.15) is 5.82 Å². The molecule has 3 rings (SSSR count). The Kier molecular flexibility index (Phi) is 16.2. The molecule has 1 aromatic heterocycles. The molecule has 1 aliphatic rings. The number of nitrogens with one attached hydrogen (secondary N) is 1. The lowest BCUT2D eigenvalue weighted by molar-refractivity contribution is 0.135. The van der Waals surface area contributed by atoms with Crippen LogP contribution in [0.5, 0.6) is 0 Å². The molecule has 0 aliphatic carbocycles. The Bertz CT molecular complexity index is 1320. The summed E-state index contributed by atoms with van der Waals surface area (Å²) < 4.78 is 5.13. The number of fused-ring (bicyclic) bond motifs is 3. The quantitative estimate of drug-likeness (QED) is 0.0972. The van der Waals surface area contributed by atoms with Crippen LogP contribution in [0.25, 0.3) is 10.9 Å². The van der Waals surface area contributed by atoms with Gasteiger partial charge in [-0.05, 0) is 87.8 Å². The molecule has 5 nitrogen and oxygen atoms in total. The van der Waals surface area contributed by atoms with Gasteiger partial charge in [0.05, 0.1) is 17.2 Å². The number of hydrogen-bond donors (Lipinski definition) is 2. The van der Waals surface area contributed by atoms with E-state index in [2.05, 4.69) is 95.3 Å². The number of aromatic amines is 1. The van der Waals surface area contributed by atoms with Gasteiger partial charge in [-0.25, -0.2) is 4.99 Å². The monoisotopic (exact) mass is 606 g/mol. The van der Waals surface area contributed by atoms with Crippen LogP contribution in [-0.2, 0) is 11.2 Å². The number of ether oxygens (including phenoxy) is 1. The molecular formula is C37H55ClN4O. The van der Waals surface area contributed by atoms with Crippen molar-refractivity contribution in [2.24, 2.45) is 4.99 Å². The highest BCUT2D eigenvalue weighted by Crippen LogP contribution is 2.43. The zero-order chi connectivity index (χ0) is 31.8. The average molecular weight is 607 g/mol. The van der Waals surface area contributed by atoms with Crippen LogP contribution in [0.1, 0.15) is 104 Å². The molecule has 0 saturated heterocycles. The van der Waals surface area contributed by atoms with Crippen LogP contribution >= 0.6 is 11.6 Å². The fourth-order valence-corrected chi connectivity index (χ4v) is 5.19. The van der Waals surface area contributed by atoms with E-state index >= 15 is 0 Å². The standard InChI is InChI=1S/C31H41ClN4.C6H14O/c1-7-10-12-23(14-13-22(6)9-3)31-30-25(26-19-24(32)20-27(33)29(26)35-30)16-18-36(31)28(11-8-2)34-17-15-21(4)5;1-3-5-7-6-4-2/h11-15,17,19-20,31,35H,6-10,16,18,33H2,1-5H3;3-6H2,1-2H3/b14-13-,23-12+,28-11-,34-17-;. The summed E-state index contributed by atoms with van der Waals surface area (Å²) in [6, 6.07) is 3.84. The molecule has 2 aromatic rings. The number of rotatable bonds is 14. The first kappa shape index (κ1) is 36.2. The Morgan fingerprint density at radius 2 is 1.81 bits per heavy atom. The second kappa shape index (κ2) is 19.3. The fraction of sp³-hybridized carbons (Fsp3) is 0.486. The Morgan fingerprint density at radius 1 is 1.09 bits per heavy atom. The van der Waals surface area contributed by atoms with Crippen molar-refractivity contribution in [3.8, 4) is 0 Å². The number of hydrogen-bond acceptors (Lipinski definition) is 4. The second-order valence-electron chi connectivity index (χ2n) is 11.2. The van der Waals surface area contributed by atoms with E-state index in [1.807, 2.05) is 18.3 Å². The minimum Gasteiger partial charge on any atom is -0.397 e. The maximum absolute atomic E-state index is 6.42. The molecule has 43 heavy (non-hydrogen) atoms. The SMILES string of the molecule is C=C(/C=C\C(=C/CCC)C1c2[nH]c3c(N)cc(Cl)cc3c2CCN1C(=C\CC)/N=C\C=C(C)C)CC.CCCOCCC. The highest BCUT2D eigenvalue weighted by Gasteiger charge is 2.33. The highest BCUT2D eigenvalue weighted by molar-refractivity contribution is 6.32. The van der Waals surface area contributed by atoms with Gasteiger partial charge in [-0.1, -0.05) is 88.6 Å². The summed E-state index contributed by atoms with van der Waals surface area (Å²) in [6.07, 6.45) is 20.0. The van der Waals surface area contributed by atoms with Crippen LogP contribution in [0.2, 0.25) is 5.02 Å². The van der Waals surface area contributed by atoms with E-state index in [1.165, 1.54) is 22.4 Å². The molecular weight excluding hydrogens is 552 g/mol. The predicted octanol–water partition coefficient (Wildman–Crippen LogP) is 10.7. The van der Waals surface area contributed by atoms with Gasteiger partial charge in [-0.2, -0.15) is 0 Å². The Hall–Kier alpha value is -3.02. The highest BCUT2D eigenvalue weighted by atomic mass is 35.5. The molecule has 0 bridgehead atoms. The maximum Gasteiger partial charge on any atom is 0.125 e. The van der Waals surface area contributed by atoms with Crippen molar-refractivity contribution in [1.29, 1.82) is 0 Å². The minimum atomic E-state index is -0.0200. The van der Waals surface area contributed by atoms with E-state index in [0.29, 0.717) is 10.7 Å². The third-order valence-corrected chi connectivity index (χ3v) is 7.39. The smallest absolute Gasteiger partial charge is 0.125 e. The van der Waals surface area contributed by atoms with Crippen LogP contribution in [0.15, 0.2) is 76.6 Å². The summed E-state index contributed by atoms with van der Waals surface area (Å²) in [7, 11) is 0. The van der Waals surface area contributed by atoms with Crippen molar-refractivity contribution in [3.05, 3.63) is 87.9 Å². The van der Waals surface area contributed by atoms with Crippen molar-refractivity contribution in [3.63, 3.8) is 0 Å². The minimum absolute atomic E-state index is 0.0200. The lowest BCUT2D eigenvalue weighted by atomic mass is 9.90. The van der Waals surface area contributed by atoms with Gasteiger partial charge in [-0.3, -0.25) is 0 Å². The van der Waals surface area contributed by atoms with Gasteiger partial charge in [0.15, 0.2) is 0 Å². The van der Waals surface area contributed by atoms with E-state index in [1.54, 1.807) is 0 Å². The third-order valence-electron chi connectivity index (χ3n) is 7.17. The molecule has 0 fully saturated rings. The molecule has 6 heteroatoms. The van der Waals surface area contributed by atoms with Gasteiger partial charge < -0.3 is 20.4 Å². The Labute approximate surface area is 266 Å². The number of allylic oxidation sites excluding steroid dienone is 6. The van der Waals surface area contributed by atoms with E-state index in [-0.39, 0.29) is 6.04 Å². The van der Waals surface area contributed by atoms with Crippen molar-refractivity contribution >= 4 is 34.4 Å². The zero-order valence-electron chi connectivity index (χ0n) is 27.7. The third kappa shape index (κ3) is 10.9. The topological polar surface area (TPSA) is 66.6 Å². The van der Waals surface area contributed by atoms with Crippen LogP contribution in [0.3, 0.4) is 0 Å². The van der Waals surface area contributed by atoms with Gasteiger partial charge >= 0.3 is 0 Å². The summed E-state index contributed by atoms with van der Waals surface area (Å²) in [5, 5.41) is 1.78. The van der Waals surface area contributed by atoms with Crippen LogP contribution in [-0.4, -0.2) is 35.9 Å². The predicted molar refractivity (Wildman–Crippen MR) is 190 cm³/mol. The first-order valence-corrected chi connectivity index (χ1v) is 16.5. The largest absolute Gasteiger partial charge is 0.397 e. The number of nitrogens with two attached hydrogens (primary N) is 1. The van der Waals surface area contributed by atoms with Crippen molar-refractivity contribution in [1.82, 2.24) is 9.88 Å². The molecule has 1 atom stereocenters. The summed E-state index contributed by atoms with van der Waals surface area (Å²) in [5.41, 5.74) is 14.1. The number of unbranched alkanes of at least 4 members (excludes halogenated alkanes) is 1. The molecule has 1 unspecified atom stereocenters. The average Bonchev–Trinajstić information content (AvgIpc) is 3.36. The molecule has 0 saturated carbocycles. The molecule has 0 spiro atoms. The van der Waals surface area contributed by atoms with Crippen molar-refractivity contribution in [2.75, 3.05) is 25.5 Å². The molecule has 0 radical (unpaired) electrons. The normalized spacial score (nSPS) is 15.6. The first-order valence-electron chi connectivity index (χ1n) is 16.1. The van der Waals surface area contributed by atoms with Crippen LogP contribution in [0.4, 0.5) is 5.69 Å². The zero-order valence-corrected chi connectivity index (χ0v) is 28.5. The van der Waals surface area contributed by atoms with Crippen molar-refractivity contribution < 1.29 is 4.74 Å². The molecule has 1 aromatic carbocycles. The molecule has 1 aliphatic heterocycles. The van der Waals surface area contributed by atoms with Gasteiger partial charge in [0.25, 0.3) is 0 Å². The van der Waals surface area contributed by atoms with E-state index in [0.717, 1.165) is 87.0 Å². The summed E-state index contributed by atoms with van der Waals surface area (Å²) in [6.45, 7) is 21.8. The number of nitrogen functional groups attached to an aromatic ring is 1. The van der Waals surface area contributed by atoms with E-state index in [4.69, 9.17) is 27.1 Å². The number of anilines is 1. The Balaban J connectivity index is 0.000000821. The summed E-state index contributed by atoms with van der Waals surface area (Å²) >= 11 is 6.42. The van der Waals surface area contributed by atoms with Crippen LogP contribution in [0, 0.1) is 0 Å². The first-order chi connectivity index (χ1) is 20.7. The van der Waals surface area contributed by atoms with Gasteiger partial charge in [0.2, 0.25) is 0 Å². The summed E-state index contributed by atoms with van der Waals surface area (Å²) in [5.74, 6) is 0.987. The van der Waals surface area contributed by atoms with Crippen LogP contribution < -0.4 is 5.73 Å². The number of aromatic nitrogens is 1. The number of halogens is 1. The molecule has 2 heterocycles. The lowest BCUT2D eigenvalue weighted by Crippen LogP contribution is -2.35. The Morgan fingerprint density at radius 3 is 2.42 bits per heavy atom. The van der Waals surface area contributed by atoms with E-state index < -0.39 is 0 Å². The second-order valence-corrected chi connectivity index (χ2v) is 11.7. The number of aliphatic imine (C=N–C) groups is 1. The fourth-order valence-electron chi connectivity index (χ4n) is 4.97. The van der Waals surface area contributed by atoms with Gasteiger partial charge in [0, 0.05) is 42.1 Å². The summed E-state index contributed by atoms with van der Waals surface area (Å²) in [4.78, 5) is 11.1.